The van der Waals surface area contributed by atoms with E-state index in [0.717, 1.165) is 70.8 Å². The summed E-state index contributed by atoms with van der Waals surface area (Å²) >= 11 is 0. The standard InChI is InChI=1S/C30H28N4O/c1-3-31-28-19-23(8-7-22(28)2)9-15-27-20-32-29-16-14-26(21-34(27)29)24-10-12-25(13-11-24)30(35)33-17-5-4-6-18-33/h3,7-8,10-14,16,19-21,31H,1,4-6,17-18H2,2H3. The first kappa shape index (κ1) is 22.5. The van der Waals surface area contributed by atoms with Gasteiger partial charge in [-0.05, 0) is 91.4 Å². The monoisotopic (exact) mass is 460 g/mol. The van der Waals surface area contributed by atoms with Crippen molar-refractivity contribution < 1.29 is 4.79 Å². The average Bonchev–Trinajstić information content (AvgIpc) is 3.31. The highest BCUT2D eigenvalue weighted by Gasteiger charge is 2.18. The molecule has 5 heteroatoms. The molecule has 35 heavy (non-hydrogen) atoms. The maximum atomic E-state index is 12.8. The van der Waals surface area contributed by atoms with Crippen molar-refractivity contribution in [3.63, 3.8) is 0 Å². The molecule has 0 bridgehead atoms. The lowest BCUT2D eigenvalue weighted by Gasteiger charge is -2.26. The van der Waals surface area contributed by atoms with E-state index >= 15 is 0 Å². The van der Waals surface area contributed by atoms with Crippen molar-refractivity contribution in [3.05, 3.63) is 102 Å². The number of benzene rings is 2. The van der Waals surface area contributed by atoms with E-state index in [1.807, 2.05) is 77.0 Å². The SMILES string of the molecule is C=CNc1cc(C#Cc2cnc3ccc(-c4ccc(C(=O)N5CCCCC5)cc4)cn23)ccc1C. The summed E-state index contributed by atoms with van der Waals surface area (Å²) in [4.78, 5) is 19.3. The van der Waals surface area contributed by atoms with Crippen molar-refractivity contribution in [2.45, 2.75) is 26.2 Å². The van der Waals surface area contributed by atoms with Crippen LogP contribution in [0.1, 0.15) is 46.4 Å². The highest BCUT2D eigenvalue weighted by molar-refractivity contribution is 5.94. The predicted octanol–water partition coefficient (Wildman–Crippen LogP) is 5.89. The molecule has 0 saturated carbocycles. The van der Waals surface area contributed by atoms with E-state index in [4.69, 9.17) is 0 Å². The van der Waals surface area contributed by atoms with Crippen LogP contribution in [0.4, 0.5) is 5.69 Å². The average molecular weight is 461 g/mol. The Hall–Kier alpha value is -4.30. The topological polar surface area (TPSA) is 49.6 Å². The van der Waals surface area contributed by atoms with Crippen molar-refractivity contribution in [3.8, 4) is 23.0 Å². The fraction of sp³-hybridized carbons (Fsp3) is 0.200. The number of hydrogen-bond acceptors (Lipinski definition) is 3. The minimum Gasteiger partial charge on any atom is -0.362 e. The number of nitrogens with zero attached hydrogens (tertiary/aromatic N) is 3. The number of amides is 1. The molecular weight excluding hydrogens is 432 g/mol. The number of imidazole rings is 1. The number of carbonyl (C=O) groups excluding carboxylic acids is 1. The normalized spacial score (nSPS) is 13.2. The number of likely N-dealkylation sites (tertiary alicyclic amines) is 1. The van der Waals surface area contributed by atoms with Crippen LogP contribution >= 0.6 is 0 Å². The first-order chi connectivity index (χ1) is 17.1. The quantitative estimate of drug-likeness (QED) is 0.386. The Morgan fingerprint density at radius 2 is 1.77 bits per heavy atom. The van der Waals surface area contributed by atoms with Gasteiger partial charge < -0.3 is 10.2 Å². The van der Waals surface area contributed by atoms with Gasteiger partial charge in [-0.1, -0.05) is 30.7 Å². The Balaban J connectivity index is 1.40. The third kappa shape index (κ3) is 4.83. The Bertz CT molecular complexity index is 1450. The zero-order chi connectivity index (χ0) is 24.2. The second-order valence-electron chi connectivity index (χ2n) is 8.85. The molecule has 0 unspecified atom stereocenters. The van der Waals surface area contributed by atoms with Crippen LogP contribution in [0, 0.1) is 18.8 Å². The van der Waals surface area contributed by atoms with E-state index in [1.165, 1.54) is 6.42 Å². The molecule has 5 rings (SSSR count). The summed E-state index contributed by atoms with van der Waals surface area (Å²) < 4.78 is 2.01. The van der Waals surface area contributed by atoms with Crippen LogP contribution in [-0.2, 0) is 0 Å². The minimum atomic E-state index is 0.126. The molecule has 5 nitrogen and oxygen atoms in total. The summed E-state index contributed by atoms with van der Waals surface area (Å²) in [6.45, 7) is 7.50. The van der Waals surface area contributed by atoms with Crippen LogP contribution in [0.2, 0.25) is 0 Å². The maximum Gasteiger partial charge on any atom is 0.253 e. The predicted molar refractivity (Wildman–Crippen MR) is 141 cm³/mol. The van der Waals surface area contributed by atoms with Gasteiger partial charge in [-0.3, -0.25) is 9.20 Å². The van der Waals surface area contributed by atoms with Gasteiger partial charge >= 0.3 is 0 Å². The van der Waals surface area contributed by atoms with Crippen molar-refractivity contribution in [1.29, 1.82) is 0 Å². The summed E-state index contributed by atoms with van der Waals surface area (Å²) in [6.07, 6.45) is 8.91. The van der Waals surface area contributed by atoms with E-state index in [1.54, 1.807) is 12.4 Å². The van der Waals surface area contributed by atoms with Gasteiger partial charge in [0.2, 0.25) is 0 Å². The van der Waals surface area contributed by atoms with Gasteiger partial charge in [0.1, 0.15) is 11.3 Å². The number of rotatable bonds is 4. The zero-order valence-corrected chi connectivity index (χ0v) is 19.9. The first-order valence-corrected chi connectivity index (χ1v) is 12.0. The number of fused-ring (bicyclic) bond motifs is 1. The number of pyridine rings is 1. The van der Waals surface area contributed by atoms with E-state index in [9.17, 15) is 4.79 Å². The zero-order valence-electron chi connectivity index (χ0n) is 19.9. The molecule has 1 N–H and O–H groups in total. The molecule has 0 spiro atoms. The van der Waals surface area contributed by atoms with Crippen LogP contribution in [0.25, 0.3) is 16.8 Å². The highest BCUT2D eigenvalue weighted by atomic mass is 16.2. The van der Waals surface area contributed by atoms with Gasteiger partial charge in [0, 0.05) is 36.1 Å². The van der Waals surface area contributed by atoms with Gasteiger partial charge in [0.15, 0.2) is 0 Å². The molecule has 3 heterocycles. The molecule has 4 aromatic rings. The number of hydrogen-bond donors (Lipinski definition) is 1. The Labute approximate surface area is 206 Å². The maximum absolute atomic E-state index is 12.8. The van der Waals surface area contributed by atoms with Crippen LogP contribution in [-0.4, -0.2) is 33.3 Å². The molecule has 1 aliphatic heterocycles. The Kier molecular flexibility index (Phi) is 6.36. The number of aromatic nitrogens is 2. The van der Waals surface area contributed by atoms with Crippen LogP contribution in [0.5, 0.6) is 0 Å². The number of piperidine rings is 1. The summed E-state index contributed by atoms with van der Waals surface area (Å²) in [6, 6.07) is 18.0. The van der Waals surface area contributed by atoms with Crippen molar-refractivity contribution in [2.24, 2.45) is 0 Å². The van der Waals surface area contributed by atoms with Gasteiger partial charge in [0.05, 0.1) is 6.20 Å². The number of aryl methyl sites for hydroxylation is 1. The first-order valence-electron chi connectivity index (χ1n) is 12.0. The van der Waals surface area contributed by atoms with Gasteiger partial charge in [-0.15, -0.1) is 0 Å². The van der Waals surface area contributed by atoms with Gasteiger partial charge in [0.25, 0.3) is 5.91 Å². The van der Waals surface area contributed by atoms with Gasteiger partial charge in [-0.25, -0.2) is 4.98 Å². The van der Waals surface area contributed by atoms with Crippen molar-refractivity contribution >= 4 is 17.2 Å². The number of carbonyl (C=O) groups is 1. The molecule has 2 aromatic heterocycles. The molecule has 1 fully saturated rings. The van der Waals surface area contributed by atoms with Gasteiger partial charge in [-0.2, -0.15) is 0 Å². The lowest BCUT2D eigenvalue weighted by molar-refractivity contribution is 0.0724. The molecule has 0 atom stereocenters. The summed E-state index contributed by atoms with van der Waals surface area (Å²) in [5.74, 6) is 6.63. The third-order valence-corrected chi connectivity index (χ3v) is 6.44. The molecule has 2 aromatic carbocycles. The number of nitrogens with one attached hydrogen (secondary N) is 1. The molecule has 174 valence electrons. The largest absolute Gasteiger partial charge is 0.362 e. The Morgan fingerprint density at radius 1 is 1.00 bits per heavy atom. The van der Waals surface area contributed by atoms with E-state index in [2.05, 4.69) is 28.7 Å². The van der Waals surface area contributed by atoms with Crippen molar-refractivity contribution in [1.82, 2.24) is 14.3 Å². The van der Waals surface area contributed by atoms with E-state index in [0.29, 0.717) is 0 Å². The van der Waals surface area contributed by atoms with Crippen molar-refractivity contribution in [2.75, 3.05) is 18.4 Å². The lowest BCUT2D eigenvalue weighted by Crippen LogP contribution is -2.35. The molecule has 0 radical (unpaired) electrons. The summed E-state index contributed by atoms with van der Waals surface area (Å²) in [5.41, 5.74) is 7.55. The molecule has 1 saturated heterocycles. The van der Waals surface area contributed by atoms with Crippen LogP contribution in [0.3, 0.4) is 0 Å². The molecule has 0 aliphatic carbocycles. The highest BCUT2D eigenvalue weighted by Crippen LogP contribution is 2.23. The smallest absolute Gasteiger partial charge is 0.253 e. The third-order valence-electron chi connectivity index (χ3n) is 6.44. The minimum absolute atomic E-state index is 0.126. The van der Waals surface area contributed by atoms with Crippen LogP contribution in [0.15, 0.2) is 79.8 Å². The molecular formula is C30H28N4O. The fourth-order valence-corrected chi connectivity index (χ4v) is 4.43. The molecule has 1 aliphatic rings. The number of anilines is 1. The summed E-state index contributed by atoms with van der Waals surface area (Å²) in [7, 11) is 0. The lowest BCUT2D eigenvalue weighted by atomic mass is 10.0. The summed E-state index contributed by atoms with van der Waals surface area (Å²) in [5, 5.41) is 3.15. The van der Waals surface area contributed by atoms with E-state index in [-0.39, 0.29) is 5.91 Å². The van der Waals surface area contributed by atoms with E-state index < -0.39 is 0 Å². The Morgan fingerprint density at radius 3 is 2.54 bits per heavy atom. The fourth-order valence-electron chi connectivity index (χ4n) is 4.43. The second kappa shape index (κ2) is 9.90. The van der Waals surface area contributed by atoms with Crippen LogP contribution < -0.4 is 5.32 Å². The molecule has 1 amide bonds. The second-order valence-corrected chi connectivity index (χ2v) is 8.85.